The monoisotopic (exact) mass is 884 g/mol. The van der Waals surface area contributed by atoms with E-state index in [0.717, 1.165) is 33.6 Å². The Bertz CT molecular complexity index is 2540. The third-order valence-electron chi connectivity index (χ3n) is 11.6. The molecular weight excluding hydrogens is 837 g/mol. The minimum absolute atomic E-state index is 0.0689. The summed E-state index contributed by atoms with van der Waals surface area (Å²) in [4.78, 5) is 72.7. The van der Waals surface area contributed by atoms with Crippen LogP contribution in [-0.4, -0.2) is 97.8 Å². The first kappa shape index (κ1) is 43.1. The standard InChI is InChI=1S/C47H48N8O6S2/c1-60-46(58)52-40(32-10-6-4-7-11-32)44(56)54-26-34(62)22-38(54)42-48-24-36(50-42)30-18-14-28(15-19-30)29-16-20-31(21-17-29)37-25-49-43(51-37)39-23-35(63-3)27-55(39)45(57)41(53-47(59)61-2)33-12-8-5-9-13-33/h4-21,24-25,34-35,38-41,62H,22-23,26-27H2,1-3H3,(H,48,50)(H,49,51)(H,52,58)(H,53,59)/t34-,35-,38-,39-,40-,41-/m0/s1. The lowest BCUT2D eigenvalue weighted by Gasteiger charge is -2.28. The van der Waals surface area contributed by atoms with Crippen molar-refractivity contribution in [1.82, 2.24) is 40.4 Å². The molecule has 4 aromatic carbocycles. The second-order valence-corrected chi connectivity index (χ2v) is 17.3. The van der Waals surface area contributed by atoms with Crippen LogP contribution >= 0.6 is 24.4 Å². The number of carbonyl (C=O) groups is 4. The van der Waals surface area contributed by atoms with Crippen molar-refractivity contribution in [2.24, 2.45) is 0 Å². The summed E-state index contributed by atoms with van der Waals surface area (Å²) in [6, 6.07) is 32.2. The Morgan fingerprint density at radius 3 is 1.48 bits per heavy atom. The van der Waals surface area contributed by atoms with Crippen LogP contribution in [0.1, 0.15) is 59.8 Å². The molecule has 4 heterocycles. The van der Waals surface area contributed by atoms with Crippen LogP contribution in [0.5, 0.6) is 0 Å². The number of hydrogen-bond acceptors (Lipinski definition) is 10. The molecule has 2 aromatic heterocycles. The van der Waals surface area contributed by atoms with Gasteiger partial charge in [-0.05, 0) is 52.5 Å². The number of benzene rings is 4. The number of ether oxygens (including phenoxy) is 2. The number of nitrogens with zero attached hydrogens (tertiary/aromatic N) is 4. The first-order valence-corrected chi connectivity index (χ1v) is 22.4. The van der Waals surface area contributed by atoms with Crippen LogP contribution < -0.4 is 10.6 Å². The minimum atomic E-state index is -0.932. The van der Waals surface area contributed by atoms with Gasteiger partial charge in [0.05, 0.1) is 50.1 Å². The van der Waals surface area contributed by atoms with E-state index in [2.05, 4.69) is 44.9 Å². The molecule has 0 radical (unpaired) electrons. The topological polar surface area (TPSA) is 175 Å². The molecule has 0 unspecified atom stereocenters. The molecule has 2 aliphatic heterocycles. The maximum absolute atomic E-state index is 14.2. The number of rotatable bonds is 12. The van der Waals surface area contributed by atoms with Gasteiger partial charge in [0.1, 0.15) is 23.7 Å². The fourth-order valence-electron chi connectivity index (χ4n) is 8.33. The summed E-state index contributed by atoms with van der Waals surface area (Å²) >= 11 is 6.44. The molecule has 0 bridgehead atoms. The van der Waals surface area contributed by atoms with Crippen LogP contribution in [0, 0.1) is 0 Å². The van der Waals surface area contributed by atoms with Gasteiger partial charge in [-0.2, -0.15) is 24.4 Å². The zero-order chi connectivity index (χ0) is 44.0. The summed E-state index contributed by atoms with van der Waals surface area (Å²) in [5.41, 5.74) is 6.91. The lowest BCUT2D eigenvalue weighted by atomic mass is 10.0. The largest absolute Gasteiger partial charge is 0.453 e. The van der Waals surface area contributed by atoms with Crippen molar-refractivity contribution in [2.75, 3.05) is 33.6 Å². The summed E-state index contributed by atoms with van der Waals surface area (Å²) in [6.07, 6.45) is 5.55. The Morgan fingerprint density at radius 2 is 1.05 bits per heavy atom. The molecule has 2 saturated heterocycles. The third kappa shape index (κ3) is 9.46. The van der Waals surface area contributed by atoms with Crippen LogP contribution in [0.2, 0.25) is 0 Å². The summed E-state index contributed by atoms with van der Waals surface area (Å²) in [5.74, 6) is 0.836. The quantitative estimate of drug-likeness (QED) is 0.0766. The van der Waals surface area contributed by atoms with Gasteiger partial charge in [-0.1, -0.05) is 109 Å². The molecule has 4 N–H and O–H groups in total. The second kappa shape index (κ2) is 19.3. The van der Waals surface area contributed by atoms with E-state index in [-0.39, 0.29) is 34.4 Å². The van der Waals surface area contributed by atoms with Gasteiger partial charge in [0.15, 0.2) is 0 Å². The lowest BCUT2D eigenvalue weighted by Crippen LogP contribution is -2.43. The molecule has 6 aromatic rings. The normalized spacial score (nSPS) is 19.3. The third-order valence-corrected chi connectivity index (χ3v) is 13.0. The molecule has 0 saturated carbocycles. The van der Waals surface area contributed by atoms with E-state index in [9.17, 15) is 19.2 Å². The molecule has 0 spiro atoms. The molecule has 0 aliphatic carbocycles. The number of aromatic amines is 2. The molecule has 4 amide bonds. The van der Waals surface area contributed by atoms with Gasteiger partial charge >= 0.3 is 12.2 Å². The molecule has 8 rings (SSSR count). The average Bonchev–Trinajstić information content (AvgIpc) is 4.17. The molecule has 6 atom stereocenters. The van der Waals surface area contributed by atoms with Gasteiger partial charge in [-0.3, -0.25) is 9.59 Å². The van der Waals surface area contributed by atoms with Crippen LogP contribution in [0.15, 0.2) is 122 Å². The zero-order valence-electron chi connectivity index (χ0n) is 34.9. The van der Waals surface area contributed by atoms with E-state index in [0.29, 0.717) is 48.7 Å². The number of aromatic nitrogens is 4. The number of thiol groups is 1. The van der Waals surface area contributed by atoms with Crippen LogP contribution in [0.25, 0.3) is 33.6 Å². The number of likely N-dealkylation sites (tertiary alicyclic amines) is 2. The van der Waals surface area contributed by atoms with Crippen LogP contribution in [0.3, 0.4) is 0 Å². The average molecular weight is 885 g/mol. The van der Waals surface area contributed by atoms with Gasteiger partial charge in [-0.15, -0.1) is 0 Å². The number of thioether (sulfide) groups is 1. The van der Waals surface area contributed by atoms with Gasteiger partial charge in [0.25, 0.3) is 11.8 Å². The highest BCUT2D eigenvalue weighted by Gasteiger charge is 2.42. The smallest absolute Gasteiger partial charge is 0.407 e. The van der Waals surface area contributed by atoms with Crippen LogP contribution in [0.4, 0.5) is 9.59 Å². The highest BCUT2D eigenvalue weighted by atomic mass is 32.2. The first-order chi connectivity index (χ1) is 30.6. The van der Waals surface area contributed by atoms with Crippen molar-refractivity contribution in [1.29, 1.82) is 0 Å². The van der Waals surface area contributed by atoms with Gasteiger partial charge in [0.2, 0.25) is 0 Å². The van der Waals surface area contributed by atoms with Crippen molar-refractivity contribution in [3.05, 3.63) is 144 Å². The Morgan fingerprint density at radius 1 is 0.635 bits per heavy atom. The Balaban J connectivity index is 0.950. The number of methoxy groups -OCH3 is 2. The number of nitrogens with one attached hydrogen (secondary N) is 4. The van der Waals surface area contributed by atoms with Crippen molar-refractivity contribution in [3.8, 4) is 33.6 Å². The summed E-state index contributed by atoms with van der Waals surface area (Å²) in [7, 11) is 2.55. The molecule has 14 nitrogen and oxygen atoms in total. The zero-order valence-corrected chi connectivity index (χ0v) is 36.6. The fraction of sp³-hybridized carbons (Fsp3) is 0.277. The number of imidazole rings is 2. The maximum Gasteiger partial charge on any atom is 0.407 e. The number of alkyl carbamates (subject to hydrolysis) is 2. The molecule has 324 valence electrons. The van der Waals surface area contributed by atoms with Gasteiger partial charge < -0.3 is 39.9 Å². The van der Waals surface area contributed by atoms with Gasteiger partial charge in [0, 0.05) is 23.6 Å². The number of hydrogen-bond donors (Lipinski definition) is 5. The van der Waals surface area contributed by atoms with E-state index in [1.807, 2.05) is 84.0 Å². The highest BCUT2D eigenvalue weighted by molar-refractivity contribution is 7.99. The molecule has 2 aliphatic rings. The highest BCUT2D eigenvalue weighted by Crippen LogP contribution is 2.39. The Hall–Kier alpha value is -6.52. The maximum atomic E-state index is 14.2. The number of amides is 4. The Labute approximate surface area is 375 Å². The number of H-pyrrole nitrogens is 2. The van der Waals surface area contributed by atoms with E-state index in [1.54, 1.807) is 41.2 Å². The second-order valence-electron chi connectivity index (χ2n) is 15.5. The summed E-state index contributed by atoms with van der Waals surface area (Å²) in [6.45, 7) is 0.918. The molecular formula is C47H48N8O6S2. The van der Waals surface area contributed by atoms with E-state index < -0.39 is 24.3 Å². The van der Waals surface area contributed by atoms with Crippen molar-refractivity contribution >= 4 is 48.4 Å². The Kier molecular flexibility index (Phi) is 13.2. The predicted molar refractivity (Wildman–Crippen MR) is 245 cm³/mol. The fourth-order valence-corrected chi connectivity index (χ4v) is 9.39. The summed E-state index contributed by atoms with van der Waals surface area (Å²) in [5, 5.41) is 5.57. The SMILES string of the molecule is COC(=O)N[C@H](C(=O)N1C[C@@H](S)C[C@H]1c1ncc(-c2ccc(-c3ccc(-c4cnc([C@@H]5C[C@H](SC)CN5C(=O)[C@@H](NC(=O)OC)c5ccccc5)[nH]4)cc3)cc2)[nH]1)c1ccccc1. The first-order valence-electron chi connectivity index (χ1n) is 20.6. The van der Waals surface area contributed by atoms with Crippen LogP contribution in [-0.2, 0) is 19.1 Å². The van der Waals surface area contributed by atoms with E-state index in [4.69, 9.17) is 32.1 Å². The molecule has 2 fully saturated rings. The van der Waals surface area contributed by atoms with E-state index in [1.165, 1.54) is 14.2 Å². The molecule has 63 heavy (non-hydrogen) atoms. The predicted octanol–water partition coefficient (Wildman–Crippen LogP) is 7.91. The van der Waals surface area contributed by atoms with E-state index >= 15 is 0 Å². The number of carbonyl (C=O) groups excluding carboxylic acids is 4. The van der Waals surface area contributed by atoms with Crippen molar-refractivity contribution in [3.63, 3.8) is 0 Å². The lowest BCUT2D eigenvalue weighted by molar-refractivity contribution is -0.135. The summed E-state index contributed by atoms with van der Waals surface area (Å²) < 4.78 is 9.70. The molecule has 16 heteroatoms. The van der Waals surface area contributed by atoms with Crippen molar-refractivity contribution in [2.45, 2.75) is 47.5 Å². The van der Waals surface area contributed by atoms with Crippen molar-refractivity contribution < 1.29 is 28.7 Å². The van der Waals surface area contributed by atoms with Gasteiger partial charge in [-0.25, -0.2) is 19.6 Å². The minimum Gasteiger partial charge on any atom is -0.453 e.